The molecule has 0 aromatic heterocycles. The number of nitrogens with zero attached hydrogens (tertiary/aromatic N) is 1. The molecular formula is C15H30N2O2. The van der Waals surface area contributed by atoms with Gasteiger partial charge in [-0.15, -0.1) is 0 Å². The van der Waals surface area contributed by atoms with E-state index in [1.54, 1.807) is 0 Å². The topological polar surface area (TPSA) is 47.7 Å². The Morgan fingerprint density at radius 2 is 2.21 bits per heavy atom. The van der Waals surface area contributed by atoms with E-state index in [4.69, 9.17) is 15.2 Å². The van der Waals surface area contributed by atoms with Crippen molar-refractivity contribution in [1.29, 1.82) is 0 Å². The molecule has 0 radical (unpaired) electrons. The van der Waals surface area contributed by atoms with Crippen molar-refractivity contribution in [2.45, 2.75) is 63.7 Å². The van der Waals surface area contributed by atoms with Crippen molar-refractivity contribution in [3.05, 3.63) is 0 Å². The molecule has 2 aliphatic heterocycles. The predicted octanol–water partition coefficient (Wildman–Crippen LogP) is 1.77. The zero-order valence-corrected chi connectivity index (χ0v) is 12.4. The van der Waals surface area contributed by atoms with Crippen LogP contribution in [0.3, 0.4) is 0 Å². The summed E-state index contributed by atoms with van der Waals surface area (Å²) in [7, 11) is 0. The minimum absolute atomic E-state index is 0.182. The van der Waals surface area contributed by atoms with Crippen molar-refractivity contribution in [1.82, 2.24) is 4.90 Å². The molecule has 3 unspecified atom stereocenters. The fourth-order valence-electron chi connectivity index (χ4n) is 3.15. The van der Waals surface area contributed by atoms with Crippen molar-refractivity contribution in [2.75, 3.05) is 32.8 Å². The molecule has 4 heteroatoms. The van der Waals surface area contributed by atoms with Gasteiger partial charge in [0.25, 0.3) is 0 Å². The molecule has 2 aliphatic rings. The van der Waals surface area contributed by atoms with E-state index in [9.17, 15) is 0 Å². The molecule has 0 aromatic carbocycles. The largest absolute Gasteiger partial charge is 0.378 e. The average molecular weight is 270 g/mol. The maximum atomic E-state index is 6.30. The summed E-state index contributed by atoms with van der Waals surface area (Å²) in [5.41, 5.74) is 6.30. The normalized spacial score (nSPS) is 30.6. The van der Waals surface area contributed by atoms with E-state index in [1.807, 2.05) is 0 Å². The van der Waals surface area contributed by atoms with E-state index >= 15 is 0 Å². The molecule has 19 heavy (non-hydrogen) atoms. The molecule has 2 saturated heterocycles. The van der Waals surface area contributed by atoms with Gasteiger partial charge in [0.1, 0.15) is 0 Å². The lowest BCUT2D eigenvalue weighted by molar-refractivity contribution is -0.0419. The molecule has 0 bridgehead atoms. The van der Waals surface area contributed by atoms with Gasteiger partial charge >= 0.3 is 0 Å². The van der Waals surface area contributed by atoms with Crippen LogP contribution in [0.4, 0.5) is 0 Å². The highest BCUT2D eigenvalue weighted by Crippen LogP contribution is 2.19. The molecule has 2 N–H and O–H groups in total. The van der Waals surface area contributed by atoms with Gasteiger partial charge in [0.05, 0.1) is 18.8 Å². The molecular weight excluding hydrogens is 240 g/mol. The molecule has 0 amide bonds. The lowest BCUT2D eigenvalue weighted by Crippen LogP contribution is -2.50. The first-order valence-electron chi connectivity index (χ1n) is 8.00. The highest BCUT2D eigenvalue weighted by molar-refractivity contribution is 4.81. The zero-order valence-electron chi connectivity index (χ0n) is 12.4. The Hall–Kier alpha value is -0.160. The molecule has 2 fully saturated rings. The Labute approximate surface area is 117 Å². The monoisotopic (exact) mass is 270 g/mol. The third kappa shape index (κ3) is 5.03. The van der Waals surface area contributed by atoms with E-state index in [2.05, 4.69) is 11.8 Å². The number of hydrogen-bond acceptors (Lipinski definition) is 4. The first-order valence-corrected chi connectivity index (χ1v) is 8.00. The summed E-state index contributed by atoms with van der Waals surface area (Å²) in [6.07, 6.45) is 7.79. The highest BCUT2D eigenvalue weighted by atomic mass is 16.5. The van der Waals surface area contributed by atoms with Crippen LogP contribution >= 0.6 is 0 Å². The third-order valence-electron chi connectivity index (χ3n) is 4.28. The lowest BCUT2D eigenvalue weighted by Gasteiger charge is -2.35. The Bertz CT molecular complexity index is 242. The average Bonchev–Trinajstić information content (AvgIpc) is 2.92. The molecule has 2 rings (SSSR count). The van der Waals surface area contributed by atoms with E-state index in [-0.39, 0.29) is 12.1 Å². The third-order valence-corrected chi connectivity index (χ3v) is 4.28. The number of nitrogens with two attached hydrogens (primary N) is 1. The lowest BCUT2D eigenvalue weighted by atomic mass is 10.0. The van der Waals surface area contributed by atoms with Crippen LogP contribution in [-0.2, 0) is 9.47 Å². The van der Waals surface area contributed by atoms with Crippen LogP contribution < -0.4 is 5.73 Å². The van der Waals surface area contributed by atoms with Gasteiger partial charge < -0.3 is 15.2 Å². The quantitative estimate of drug-likeness (QED) is 0.766. The van der Waals surface area contributed by atoms with Crippen molar-refractivity contribution < 1.29 is 9.47 Å². The molecule has 3 atom stereocenters. The second-order valence-electron chi connectivity index (χ2n) is 5.94. The van der Waals surface area contributed by atoms with Crippen LogP contribution in [0.25, 0.3) is 0 Å². The maximum absolute atomic E-state index is 6.30. The summed E-state index contributed by atoms with van der Waals surface area (Å²) in [6.45, 7) is 7.26. The molecule has 4 nitrogen and oxygen atoms in total. The first-order chi connectivity index (χ1) is 9.29. The number of ether oxygens (including phenoxy) is 2. The highest BCUT2D eigenvalue weighted by Gasteiger charge is 2.25. The fraction of sp³-hybridized carbons (Fsp3) is 1.00. The molecule has 0 spiro atoms. The van der Waals surface area contributed by atoms with Crippen LogP contribution in [0.2, 0.25) is 0 Å². The molecule has 0 saturated carbocycles. The summed E-state index contributed by atoms with van der Waals surface area (Å²) >= 11 is 0. The second-order valence-corrected chi connectivity index (χ2v) is 5.94. The van der Waals surface area contributed by atoms with E-state index in [0.717, 1.165) is 32.7 Å². The summed E-state index contributed by atoms with van der Waals surface area (Å²) in [6, 6.07) is 0.182. The van der Waals surface area contributed by atoms with Gasteiger partial charge in [-0.2, -0.15) is 0 Å². The standard InChI is InChI=1S/C15H30N2O2/c1-2-8-17-9-11-19-15(12-17)14(16)7-3-5-13-6-4-10-18-13/h13-15H,2-12,16H2,1H3. The Kier molecular flexibility index (Phi) is 6.57. The van der Waals surface area contributed by atoms with E-state index < -0.39 is 0 Å². The van der Waals surface area contributed by atoms with Crippen LogP contribution in [0, 0.1) is 0 Å². The van der Waals surface area contributed by atoms with Gasteiger partial charge in [-0.25, -0.2) is 0 Å². The number of hydrogen-bond donors (Lipinski definition) is 1. The van der Waals surface area contributed by atoms with Crippen LogP contribution in [0.5, 0.6) is 0 Å². The fourth-order valence-corrected chi connectivity index (χ4v) is 3.15. The van der Waals surface area contributed by atoms with Gasteiger partial charge in [0, 0.05) is 25.7 Å². The predicted molar refractivity (Wildman–Crippen MR) is 77.3 cm³/mol. The van der Waals surface area contributed by atoms with E-state index in [0.29, 0.717) is 6.10 Å². The van der Waals surface area contributed by atoms with Crippen molar-refractivity contribution >= 4 is 0 Å². The molecule has 0 aliphatic carbocycles. The zero-order chi connectivity index (χ0) is 13.5. The van der Waals surface area contributed by atoms with Gasteiger partial charge in [0.15, 0.2) is 0 Å². The van der Waals surface area contributed by atoms with Gasteiger partial charge in [-0.1, -0.05) is 6.92 Å². The summed E-state index contributed by atoms with van der Waals surface area (Å²) in [5, 5.41) is 0. The Morgan fingerprint density at radius 3 is 2.95 bits per heavy atom. The summed E-state index contributed by atoms with van der Waals surface area (Å²) in [4.78, 5) is 2.48. The maximum Gasteiger partial charge on any atom is 0.0853 e. The molecule has 112 valence electrons. The number of rotatable bonds is 7. The SMILES string of the molecule is CCCN1CCOC(C(N)CCCC2CCCO2)C1. The van der Waals surface area contributed by atoms with Gasteiger partial charge in [-0.05, 0) is 45.1 Å². The second kappa shape index (κ2) is 8.20. The van der Waals surface area contributed by atoms with Gasteiger partial charge in [0.2, 0.25) is 0 Å². The first kappa shape index (κ1) is 15.2. The van der Waals surface area contributed by atoms with Crippen LogP contribution in [-0.4, -0.2) is 56.0 Å². The van der Waals surface area contributed by atoms with Crippen molar-refractivity contribution in [3.63, 3.8) is 0 Å². The van der Waals surface area contributed by atoms with Gasteiger partial charge in [-0.3, -0.25) is 4.90 Å². The van der Waals surface area contributed by atoms with Crippen LogP contribution in [0.1, 0.15) is 45.4 Å². The number of morpholine rings is 1. The summed E-state index contributed by atoms with van der Waals surface area (Å²) < 4.78 is 11.5. The van der Waals surface area contributed by atoms with Crippen LogP contribution in [0.15, 0.2) is 0 Å². The minimum Gasteiger partial charge on any atom is -0.378 e. The van der Waals surface area contributed by atoms with Crippen molar-refractivity contribution in [2.24, 2.45) is 5.73 Å². The van der Waals surface area contributed by atoms with E-state index in [1.165, 1.54) is 38.6 Å². The minimum atomic E-state index is 0.182. The Balaban J connectivity index is 1.62. The molecule has 0 aromatic rings. The Morgan fingerprint density at radius 1 is 1.32 bits per heavy atom. The summed E-state index contributed by atoms with van der Waals surface area (Å²) in [5.74, 6) is 0. The van der Waals surface area contributed by atoms with Crippen molar-refractivity contribution in [3.8, 4) is 0 Å². The molecule has 2 heterocycles. The smallest absolute Gasteiger partial charge is 0.0853 e.